The Morgan fingerprint density at radius 2 is 1.52 bits per heavy atom. The number of benzene rings is 3. The van der Waals surface area contributed by atoms with Gasteiger partial charge in [-0.2, -0.15) is 0 Å². The van der Waals surface area contributed by atoms with Crippen molar-refractivity contribution < 1.29 is 14.6 Å². The topological polar surface area (TPSA) is 58.6 Å². The highest BCUT2D eigenvalue weighted by molar-refractivity contribution is 5.91. The molecule has 1 amide bonds. The first-order valence-corrected chi connectivity index (χ1v) is 9.05. The number of hydrogen-bond acceptors (Lipinski definition) is 3. The molecule has 0 aliphatic rings. The number of amides is 1. The molecule has 3 aromatic rings. The van der Waals surface area contributed by atoms with Crippen molar-refractivity contribution in [2.75, 3.05) is 11.9 Å². The van der Waals surface area contributed by atoms with Crippen LogP contribution in [0.3, 0.4) is 0 Å². The quantitative estimate of drug-likeness (QED) is 0.553. The summed E-state index contributed by atoms with van der Waals surface area (Å²) < 4.78 is 5.26. The Hall–Kier alpha value is -3.11. The third kappa shape index (κ3) is 5.43. The highest BCUT2D eigenvalue weighted by Gasteiger charge is 2.10. The van der Waals surface area contributed by atoms with Crippen LogP contribution in [0.5, 0.6) is 0 Å². The van der Waals surface area contributed by atoms with E-state index in [2.05, 4.69) is 5.32 Å². The van der Waals surface area contributed by atoms with Crippen LogP contribution in [0.2, 0.25) is 0 Å². The molecule has 138 valence electrons. The molecule has 0 spiro atoms. The molecule has 27 heavy (non-hydrogen) atoms. The van der Waals surface area contributed by atoms with Gasteiger partial charge in [-0.05, 0) is 30.0 Å². The average molecular weight is 361 g/mol. The summed E-state index contributed by atoms with van der Waals surface area (Å²) in [5.41, 5.74) is 3.55. The van der Waals surface area contributed by atoms with Gasteiger partial charge in [0, 0.05) is 5.56 Å². The summed E-state index contributed by atoms with van der Waals surface area (Å²) in [4.78, 5) is 12.1. The second-order valence-corrected chi connectivity index (χ2v) is 6.24. The Bertz CT molecular complexity index is 850. The number of aliphatic hydroxyl groups is 1. The standard InChI is InChI=1S/C23H23NO3/c25-22(19-12-5-2-6-13-19)16-9-17-27-23(26)24-21-15-8-7-14-20(21)18-10-3-1-4-11-18/h1-8,10-15,22,25H,9,16-17H2,(H,24,26). The van der Waals surface area contributed by atoms with E-state index in [9.17, 15) is 9.90 Å². The van der Waals surface area contributed by atoms with Crippen molar-refractivity contribution in [1.82, 2.24) is 0 Å². The van der Waals surface area contributed by atoms with Crippen molar-refractivity contribution >= 4 is 11.8 Å². The molecule has 2 N–H and O–H groups in total. The highest BCUT2D eigenvalue weighted by Crippen LogP contribution is 2.27. The fourth-order valence-corrected chi connectivity index (χ4v) is 2.89. The van der Waals surface area contributed by atoms with E-state index in [1.165, 1.54) is 0 Å². The van der Waals surface area contributed by atoms with Gasteiger partial charge in [-0.3, -0.25) is 5.32 Å². The van der Waals surface area contributed by atoms with Gasteiger partial charge in [-0.1, -0.05) is 78.9 Å². The zero-order valence-electron chi connectivity index (χ0n) is 15.0. The Balaban J connectivity index is 1.49. The first-order valence-electron chi connectivity index (χ1n) is 9.05. The zero-order chi connectivity index (χ0) is 18.9. The van der Waals surface area contributed by atoms with Gasteiger partial charge in [0.1, 0.15) is 0 Å². The molecule has 3 rings (SSSR count). The lowest BCUT2D eigenvalue weighted by Gasteiger charge is -2.13. The summed E-state index contributed by atoms with van der Waals surface area (Å²) in [6.07, 6.45) is 0.0890. The van der Waals surface area contributed by atoms with Gasteiger partial charge in [-0.25, -0.2) is 4.79 Å². The van der Waals surface area contributed by atoms with Gasteiger partial charge in [0.15, 0.2) is 0 Å². The zero-order valence-corrected chi connectivity index (χ0v) is 15.0. The van der Waals surface area contributed by atoms with E-state index in [0.29, 0.717) is 18.5 Å². The maximum Gasteiger partial charge on any atom is 0.411 e. The molecule has 0 aliphatic carbocycles. The molecule has 0 fully saturated rings. The number of rotatable bonds is 7. The Morgan fingerprint density at radius 3 is 2.26 bits per heavy atom. The van der Waals surface area contributed by atoms with Crippen molar-refractivity contribution in [2.24, 2.45) is 0 Å². The molecular weight excluding hydrogens is 338 g/mol. The molecule has 3 aromatic carbocycles. The summed E-state index contributed by atoms with van der Waals surface area (Å²) in [6, 6.07) is 27.0. The minimum Gasteiger partial charge on any atom is -0.449 e. The molecule has 4 heteroatoms. The second-order valence-electron chi connectivity index (χ2n) is 6.24. The maximum atomic E-state index is 12.1. The van der Waals surface area contributed by atoms with E-state index < -0.39 is 12.2 Å². The minimum atomic E-state index is -0.545. The fraction of sp³-hybridized carbons (Fsp3) is 0.174. The Morgan fingerprint density at radius 1 is 0.889 bits per heavy atom. The van der Waals surface area contributed by atoms with Crippen molar-refractivity contribution in [3.8, 4) is 11.1 Å². The van der Waals surface area contributed by atoms with E-state index in [1.807, 2.05) is 84.9 Å². The van der Waals surface area contributed by atoms with Gasteiger partial charge in [0.25, 0.3) is 0 Å². The van der Waals surface area contributed by atoms with Crippen molar-refractivity contribution in [3.05, 3.63) is 90.5 Å². The predicted molar refractivity (Wildman–Crippen MR) is 107 cm³/mol. The molecular formula is C23H23NO3. The lowest BCUT2D eigenvalue weighted by atomic mass is 10.0. The molecule has 1 atom stereocenters. The van der Waals surface area contributed by atoms with Gasteiger partial charge in [0.05, 0.1) is 18.4 Å². The molecule has 1 unspecified atom stereocenters. The molecule has 0 heterocycles. The second kappa shape index (κ2) is 9.55. The van der Waals surface area contributed by atoms with Gasteiger partial charge >= 0.3 is 6.09 Å². The number of ether oxygens (including phenoxy) is 1. The summed E-state index contributed by atoms with van der Waals surface area (Å²) in [5, 5.41) is 12.9. The summed E-state index contributed by atoms with van der Waals surface area (Å²) >= 11 is 0. The van der Waals surface area contributed by atoms with E-state index in [0.717, 1.165) is 16.7 Å². The molecule has 0 radical (unpaired) electrons. The number of hydrogen-bond donors (Lipinski definition) is 2. The lowest BCUT2D eigenvalue weighted by molar-refractivity contribution is 0.133. The molecule has 4 nitrogen and oxygen atoms in total. The molecule has 0 aliphatic heterocycles. The van der Waals surface area contributed by atoms with Crippen LogP contribution in [0.15, 0.2) is 84.9 Å². The summed E-state index contributed by atoms with van der Waals surface area (Å²) in [7, 11) is 0. The van der Waals surface area contributed by atoms with Crippen LogP contribution < -0.4 is 5.32 Å². The molecule has 0 aromatic heterocycles. The summed E-state index contributed by atoms with van der Waals surface area (Å²) in [5.74, 6) is 0. The van der Waals surface area contributed by atoms with Gasteiger partial charge in [-0.15, -0.1) is 0 Å². The number of anilines is 1. The summed E-state index contributed by atoms with van der Waals surface area (Å²) in [6.45, 7) is 0.253. The van der Waals surface area contributed by atoms with Crippen LogP contribution in [-0.4, -0.2) is 17.8 Å². The monoisotopic (exact) mass is 361 g/mol. The first kappa shape index (κ1) is 18.7. The average Bonchev–Trinajstić information content (AvgIpc) is 2.73. The van der Waals surface area contributed by atoms with Gasteiger partial charge < -0.3 is 9.84 Å². The maximum absolute atomic E-state index is 12.1. The minimum absolute atomic E-state index is 0.253. The number of carbonyl (C=O) groups excluding carboxylic acids is 1. The van der Waals surface area contributed by atoms with E-state index >= 15 is 0 Å². The third-order valence-electron chi connectivity index (χ3n) is 4.29. The smallest absolute Gasteiger partial charge is 0.411 e. The largest absolute Gasteiger partial charge is 0.449 e. The number of para-hydroxylation sites is 1. The SMILES string of the molecule is O=C(Nc1ccccc1-c1ccccc1)OCCCC(O)c1ccccc1. The van der Waals surface area contributed by atoms with Gasteiger partial charge in [0.2, 0.25) is 0 Å². The van der Waals surface area contributed by atoms with Crippen LogP contribution in [0, 0.1) is 0 Å². The fourth-order valence-electron chi connectivity index (χ4n) is 2.89. The lowest BCUT2D eigenvalue weighted by Crippen LogP contribution is -2.15. The van der Waals surface area contributed by atoms with Crippen molar-refractivity contribution in [2.45, 2.75) is 18.9 Å². The number of nitrogens with one attached hydrogen (secondary N) is 1. The number of aliphatic hydroxyl groups excluding tert-OH is 1. The molecule has 0 saturated carbocycles. The van der Waals surface area contributed by atoms with Crippen LogP contribution in [0.1, 0.15) is 24.5 Å². The van der Waals surface area contributed by atoms with Crippen molar-refractivity contribution in [1.29, 1.82) is 0 Å². The Labute approximate surface area is 159 Å². The number of carbonyl (C=O) groups is 1. The van der Waals surface area contributed by atoms with E-state index in [-0.39, 0.29) is 6.61 Å². The van der Waals surface area contributed by atoms with E-state index in [1.54, 1.807) is 0 Å². The van der Waals surface area contributed by atoms with Crippen LogP contribution in [0.4, 0.5) is 10.5 Å². The molecule has 0 bridgehead atoms. The predicted octanol–water partition coefficient (Wildman–Crippen LogP) is 5.42. The van der Waals surface area contributed by atoms with Crippen molar-refractivity contribution in [3.63, 3.8) is 0 Å². The first-order chi connectivity index (χ1) is 13.2. The van der Waals surface area contributed by atoms with Crippen LogP contribution >= 0.6 is 0 Å². The molecule has 0 saturated heterocycles. The normalized spacial score (nSPS) is 11.6. The third-order valence-corrected chi connectivity index (χ3v) is 4.29. The van der Waals surface area contributed by atoms with Crippen LogP contribution in [0.25, 0.3) is 11.1 Å². The van der Waals surface area contributed by atoms with E-state index in [4.69, 9.17) is 4.74 Å². The van der Waals surface area contributed by atoms with Crippen LogP contribution in [-0.2, 0) is 4.74 Å². The highest BCUT2D eigenvalue weighted by atomic mass is 16.5. The Kier molecular flexibility index (Phi) is 6.61.